The first-order chi connectivity index (χ1) is 8.16. The molecule has 2 atom stereocenters. The predicted molar refractivity (Wildman–Crippen MR) is 74.6 cm³/mol. The molecule has 1 aliphatic heterocycles. The minimum Gasteiger partial charge on any atom is -0.383 e. The van der Waals surface area contributed by atoms with E-state index in [1.807, 2.05) is 0 Å². The number of piperidine rings is 1. The second kappa shape index (κ2) is 5.54. The van der Waals surface area contributed by atoms with Crippen LogP contribution in [-0.2, 0) is 0 Å². The van der Waals surface area contributed by atoms with Crippen LogP contribution in [0.4, 0.5) is 5.69 Å². The monoisotopic (exact) mass is 232 g/mol. The smallest absolute Gasteiger partial charge is 0.0373 e. The third-order valence-corrected chi connectivity index (χ3v) is 3.85. The molecule has 2 nitrogen and oxygen atoms in total. The maximum absolute atomic E-state index is 3.66. The second-order valence-electron chi connectivity index (χ2n) is 5.32. The van der Waals surface area contributed by atoms with Crippen molar-refractivity contribution in [3.8, 4) is 0 Å². The number of benzene rings is 1. The summed E-state index contributed by atoms with van der Waals surface area (Å²) in [5.41, 5.74) is 4.02. The molecule has 2 unspecified atom stereocenters. The maximum atomic E-state index is 3.66. The summed E-state index contributed by atoms with van der Waals surface area (Å²) in [5, 5.41) is 7.24. The third-order valence-electron chi connectivity index (χ3n) is 3.85. The molecule has 2 N–H and O–H groups in total. The molecule has 1 aromatic rings. The lowest BCUT2D eigenvalue weighted by molar-refractivity contribution is 0.345. The van der Waals surface area contributed by atoms with Crippen molar-refractivity contribution < 1.29 is 0 Å². The molecular formula is C15H24N2. The summed E-state index contributed by atoms with van der Waals surface area (Å²) in [6, 6.07) is 7.77. The van der Waals surface area contributed by atoms with E-state index in [2.05, 4.69) is 49.6 Å². The number of aryl methyl sites for hydroxylation is 1. The number of hydrogen-bond donors (Lipinski definition) is 2. The molecule has 94 valence electrons. The number of nitrogens with one attached hydrogen (secondary N) is 2. The highest BCUT2D eigenvalue weighted by Crippen LogP contribution is 2.19. The Morgan fingerprint density at radius 2 is 2.12 bits per heavy atom. The van der Waals surface area contributed by atoms with Crippen LogP contribution in [0.2, 0.25) is 0 Å². The second-order valence-corrected chi connectivity index (χ2v) is 5.32. The molecule has 2 heteroatoms. The summed E-state index contributed by atoms with van der Waals surface area (Å²) in [6.07, 6.45) is 3.97. The molecule has 2 rings (SSSR count). The molecule has 0 aromatic heterocycles. The van der Waals surface area contributed by atoms with E-state index < -0.39 is 0 Å². The summed E-state index contributed by atoms with van der Waals surface area (Å²) in [5.74, 6) is 0. The van der Waals surface area contributed by atoms with E-state index in [4.69, 9.17) is 0 Å². The van der Waals surface area contributed by atoms with Crippen LogP contribution < -0.4 is 10.6 Å². The maximum Gasteiger partial charge on any atom is 0.0373 e. The first-order valence-corrected chi connectivity index (χ1v) is 6.73. The van der Waals surface area contributed by atoms with Gasteiger partial charge in [-0.2, -0.15) is 0 Å². The Labute approximate surface area is 105 Å². The van der Waals surface area contributed by atoms with Crippen LogP contribution in [0.15, 0.2) is 18.2 Å². The van der Waals surface area contributed by atoms with Gasteiger partial charge >= 0.3 is 0 Å². The van der Waals surface area contributed by atoms with Crippen LogP contribution in [0.3, 0.4) is 0 Å². The summed E-state index contributed by atoms with van der Waals surface area (Å²) in [7, 11) is 0. The van der Waals surface area contributed by atoms with E-state index in [0.29, 0.717) is 12.1 Å². The van der Waals surface area contributed by atoms with E-state index in [-0.39, 0.29) is 0 Å². The van der Waals surface area contributed by atoms with E-state index >= 15 is 0 Å². The van der Waals surface area contributed by atoms with Crippen LogP contribution in [-0.4, -0.2) is 18.6 Å². The molecule has 0 aliphatic carbocycles. The molecule has 1 aromatic carbocycles. The molecule has 0 radical (unpaired) electrons. The van der Waals surface area contributed by atoms with Gasteiger partial charge < -0.3 is 10.6 Å². The number of rotatable bonds is 3. The van der Waals surface area contributed by atoms with Gasteiger partial charge in [-0.25, -0.2) is 0 Å². The topological polar surface area (TPSA) is 24.1 Å². The number of hydrogen-bond acceptors (Lipinski definition) is 2. The van der Waals surface area contributed by atoms with Crippen molar-refractivity contribution in [2.75, 3.05) is 11.9 Å². The van der Waals surface area contributed by atoms with E-state index in [9.17, 15) is 0 Å². The molecule has 0 bridgehead atoms. The number of anilines is 1. The Morgan fingerprint density at radius 3 is 2.88 bits per heavy atom. The standard InChI is InChI=1S/C15H24N2/c1-11-6-4-9-15(13(11)3)16-10-14-8-5-7-12(2)17-14/h4,6,9,12,14,16-17H,5,7-8,10H2,1-3H3. The van der Waals surface area contributed by atoms with Crippen LogP contribution in [0, 0.1) is 13.8 Å². The lowest BCUT2D eigenvalue weighted by Gasteiger charge is -2.29. The SMILES string of the molecule is Cc1cccc(NCC2CCCC(C)N2)c1C. The Kier molecular flexibility index (Phi) is 4.06. The zero-order valence-corrected chi connectivity index (χ0v) is 11.2. The zero-order valence-electron chi connectivity index (χ0n) is 11.2. The Morgan fingerprint density at radius 1 is 1.29 bits per heavy atom. The van der Waals surface area contributed by atoms with Crippen LogP contribution in [0.25, 0.3) is 0 Å². The summed E-state index contributed by atoms with van der Waals surface area (Å²) < 4.78 is 0. The lowest BCUT2D eigenvalue weighted by Crippen LogP contribution is -2.44. The predicted octanol–water partition coefficient (Wildman–Crippen LogP) is 3.25. The van der Waals surface area contributed by atoms with Gasteiger partial charge in [0.05, 0.1) is 0 Å². The highest BCUT2D eigenvalue weighted by molar-refractivity contribution is 5.53. The van der Waals surface area contributed by atoms with Crippen molar-refractivity contribution in [3.05, 3.63) is 29.3 Å². The molecule has 1 fully saturated rings. The zero-order chi connectivity index (χ0) is 12.3. The van der Waals surface area contributed by atoms with Crippen LogP contribution in [0.5, 0.6) is 0 Å². The van der Waals surface area contributed by atoms with Gasteiger partial charge in [-0.1, -0.05) is 18.6 Å². The third kappa shape index (κ3) is 3.22. The van der Waals surface area contributed by atoms with Gasteiger partial charge in [-0.05, 0) is 50.8 Å². The summed E-state index contributed by atoms with van der Waals surface area (Å²) in [4.78, 5) is 0. The Hall–Kier alpha value is -1.02. The minimum absolute atomic E-state index is 0.624. The molecule has 0 saturated carbocycles. The van der Waals surface area contributed by atoms with Crippen molar-refractivity contribution in [2.24, 2.45) is 0 Å². The van der Waals surface area contributed by atoms with Gasteiger partial charge in [-0.3, -0.25) is 0 Å². The first kappa shape index (κ1) is 12.4. The Balaban J connectivity index is 1.91. The minimum atomic E-state index is 0.624. The molecule has 1 saturated heterocycles. The molecule has 1 heterocycles. The lowest BCUT2D eigenvalue weighted by atomic mass is 9.99. The van der Waals surface area contributed by atoms with Crippen molar-refractivity contribution in [3.63, 3.8) is 0 Å². The van der Waals surface area contributed by atoms with Crippen LogP contribution in [0.1, 0.15) is 37.3 Å². The van der Waals surface area contributed by atoms with Crippen molar-refractivity contribution in [2.45, 2.75) is 52.1 Å². The van der Waals surface area contributed by atoms with Gasteiger partial charge in [0.25, 0.3) is 0 Å². The van der Waals surface area contributed by atoms with Gasteiger partial charge in [-0.15, -0.1) is 0 Å². The Bertz CT molecular complexity index is 373. The quantitative estimate of drug-likeness (QED) is 0.836. The fourth-order valence-electron chi connectivity index (χ4n) is 2.58. The average molecular weight is 232 g/mol. The van der Waals surface area contributed by atoms with Gasteiger partial charge in [0.15, 0.2) is 0 Å². The van der Waals surface area contributed by atoms with Crippen molar-refractivity contribution in [1.82, 2.24) is 5.32 Å². The normalized spacial score (nSPS) is 24.6. The van der Waals surface area contributed by atoms with E-state index in [1.54, 1.807) is 0 Å². The van der Waals surface area contributed by atoms with E-state index in [0.717, 1.165) is 6.54 Å². The van der Waals surface area contributed by atoms with E-state index in [1.165, 1.54) is 36.1 Å². The highest BCUT2D eigenvalue weighted by atomic mass is 15.0. The van der Waals surface area contributed by atoms with Gasteiger partial charge in [0.1, 0.15) is 0 Å². The van der Waals surface area contributed by atoms with Gasteiger partial charge in [0.2, 0.25) is 0 Å². The summed E-state index contributed by atoms with van der Waals surface area (Å²) in [6.45, 7) is 7.68. The first-order valence-electron chi connectivity index (χ1n) is 6.73. The molecule has 1 aliphatic rings. The summed E-state index contributed by atoms with van der Waals surface area (Å²) >= 11 is 0. The molecule has 0 amide bonds. The molecular weight excluding hydrogens is 208 g/mol. The highest BCUT2D eigenvalue weighted by Gasteiger charge is 2.17. The van der Waals surface area contributed by atoms with Crippen LogP contribution >= 0.6 is 0 Å². The van der Waals surface area contributed by atoms with Gasteiger partial charge in [0, 0.05) is 24.3 Å². The van der Waals surface area contributed by atoms with Crippen molar-refractivity contribution in [1.29, 1.82) is 0 Å². The fourth-order valence-corrected chi connectivity index (χ4v) is 2.58. The average Bonchev–Trinajstić information content (AvgIpc) is 2.31. The van der Waals surface area contributed by atoms with Crippen molar-refractivity contribution >= 4 is 5.69 Å². The fraction of sp³-hybridized carbons (Fsp3) is 0.600. The molecule has 0 spiro atoms. The molecule has 17 heavy (non-hydrogen) atoms. The largest absolute Gasteiger partial charge is 0.383 e.